The second kappa shape index (κ2) is 3.59. The van der Waals surface area contributed by atoms with Gasteiger partial charge in [-0.15, -0.1) is 0 Å². The van der Waals surface area contributed by atoms with Gasteiger partial charge in [-0.05, 0) is 17.7 Å². The van der Waals surface area contributed by atoms with E-state index in [0.717, 1.165) is 11.3 Å². The highest BCUT2D eigenvalue weighted by Crippen LogP contribution is 2.30. The second-order valence-electron chi connectivity index (χ2n) is 3.28. The Morgan fingerprint density at radius 2 is 2.29 bits per heavy atom. The third-order valence-corrected chi connectivity index (χ3v) is 2.57. The summed E-state index contributed by atoms with van der Waals surface area (Å²) in [6.07, 6.45) is 0.465. The third-order valence-electron chi connectivity index (χ3n) is 2.33. The van der Waals surface area contributed by atoms with Gasteiger partial charge < -0.3 is 10.6 Å². The number of benzene rings is 1. The zero-order valence-electron chi connectivity index (χ0n) is 7.66. The van der Waals surface area contributed by atoms with Crippen LogP contribution in [0.5, 0.6) is 0 Å². The van der Waals surface area contributed by atoms with Gasteiger partial charge in [-0.3, -0.25) is 4.79 Å². The largest absolute Gasteiger partial charge is 0.329 e. The molecule has 0 atom stereocenters. The summed E-state index contributed by atoms with van der Waals surface area (Å²) in [5.74, 6) is 0.104. The monoisotopic (exact) mass is 210 g/mol. The van der Waals surface area contributed by atoms with Gasteiger partial charge in [0.15, 0.2) is 0 Å². The van der Waals surface area contributed by atoms with E-state index in [2.05, 4.69) is 0 Å². The molecule has 14 heavy (non-hydrogen) atoms. The Bertz CT molecular complexity index is 378. The van der Waals surface area contributed by atoms with Gasteiger partial charge in [-0.25, -0.2) is 0 Å². The zero-order valence-corrected chi connectivity index (χ0v) is 8.42. The van der Waals surface area contributed by atoms with E-state index in [1.54, 1.807) is 11.0 Å². The van der Waals surface area contributed by atoms with Crippen molar-refractivity contribution in [1.29, 1.82) is 0 Å². The molecule has 2 N–H and O–H groups in total. The van der Waals surface area contributed by atoms with Crippen molar-refractivity contribution < 1.29 is 4.79 Å². The second-order valence-corrected chi connectivity index (χ2v) is 3.72. The minimum absolute atomic E-state index is 0.104. The number of nitrogens with two attached hydrogens (primary N) is 1. The molecule has 0 bridgehead atoms. The van der Waals surface area contributed by atoms with Crippen LogP contribution in [0.1, 0.15) is 5.56 Å². The van der Waals surface area contributed by atoms with Crippen LogP contribution < -0.4 is 10.6 Å². The molecule has 0 aliphatic carbocycles. The Morgan fingerprint density at radius 3 is 3.00 bits per heavy atom. The normalized spacial score (nSPS) is 14.7. The Hall–Kier alpha value is -1.06. The van der Waals surface area contributed by atoms with E-state index in [9.17, 15) is 4.79 Å². The van der Waals surface area contributed by atoms with E-state index >= 15 is 0 Å². The number of nitrogens with zero attached hydrogens (tertiary/aromatic N) is 1. The predicted molar refractivity (Wildman–Crippen MR) is 56.6 cm³/mol. The van der Waals surface area contributed by atoms with E-state index < -0.39 is 0 Å². The third kappa shape index (κ3) is 1.49. The number of anilines is 1. The van der Waals surface area contributed by atoms with Gasteiger partial charge in [0.1, 0.15) is 0 Å². The lowest BCUT2D eigenvalue weighted by Gasteiger charge is -2.15. The van der Waals surface area contributed by atoms with Crippen LogP contribution in [0.2, 0.25) is 5.02 Å². The van der Waals surface area contributed by atoms with E-state index in [1.807, 2.05) is 12.1 Å². The Labute approximate surface area is 87.4 Å². The summed E-state index contributed by atoms with van der Waals surface area (Å²) >= 11 is 5.87. The highest BCUT2D eigenvalue weighted by atomic mass is 35.5. The molecule has 1 aliphatic rings. The molecule has 1 heterocycles. The van der Waals surface area contributed by atoms with E-state index in [-0.39, 0.29) is 5.91 Å². The van der Waals surface area contributed by atoms with Crippen molar-refractivity contribution >= 4 is 23.2 Å². The molecule has 1 aromatic carbocycles. The first-order chi connectivity index (χ1) is 6.72. The molecule has 0 saturated carbocycles. The summed E-state index contributed by atoms with van der Waals surface area (Å²) in [7, 11) is 0. The maximum atomic E-state index is 11.6. The lowest BCUT2D eigenvalue weighted by Crippen LogP contribution is -2.31. The van der Waals surface area contributed by atoms with Crippen molar-refractivity contribution in [2.75, 3.05) is 18.0 Å². The summed E-state index contributed by atoms with van der Waals surface area (Å²) in [5, 5.41) is 0.653. The summed E-state index contributed by atoms with van der Waals surface area (Å²) in [6, 6.07) is 5.52. The zero-order chi connectivity index (χ0) is 10.1. The Balaban J connectivity index is 2.39. The number of hydrogen-bond acceptors (Lipinski definition) is 2. The van der Waals surface area contributed by atoms with Gasteiger partial charge in [0.2, 0.25) is 5.91 Å². The number of amides is 1. The summed E-state index contributed by atoms with van der Waals surface area (Å²) in [5.41, 5.74) is 7.38. The van der Waals surface area contributed by atoms with Gasteiger partial charge in [-0.2, -0.15) is 0 Å². The minimum atomic E-state index is 0.104. The fourth-order valence-corrected chi connectivity index (χ4v) is 1.87. The minimum Gasteiger partial charge on any atom is -0.329 e. The summed E-state index contributed by atoms with van der Waals surface area (Å²) < 4.78 is 0. The van der Waals surface area contributed by atoms with E-state index in [1.165, 1.54) is 0 Å². The van der Waals surface area contributed by atoms with Crippen LogP contribution in [-0.4, -0.2) is 19.0 Å². The summed E-state index contributed by atoms with van der Waals surface area (Å²) in [6.45, 7) is 1.03. The van der Waals surface area contributed by atoms with Gasteiger partial charge in [0, 0.05) is 23.8 Å². The van der Waals surface area contributed by atoms with Crippen molar-refractivity contribution in [3.63, 3.8) is 0 Å². The molecule has 0 unspecified atom stereocenters. The molecule has 1 aromatic rings. The molecule has 3 nitrogen and oxygen atoms in total. The van der Waals surface area contributed by atoms with Crippen LogP contribution in [0.25, 0.3) is 0 Å². The first-order valence-corrected chi connectivity index (χ1v) is 4.89. The molecular weight excluding hydrogens is 200 g/mol. The van der Waals surface area contributed by atoms with Gasteiger partial charge in [0.25, 0.3) is 0 Å². The van der Waals surface area contributed by atoms with Gasteiger partial charge >= 0.3 is 0 Å². The quantitative estimate of drug-likeness (QED) is 0.797. The highest BCUT2D eigenvalue weighted by Gasteiger charge is 2.26. The molecule has 2 rings (SSSR count). The smallest absolute Gasteiger partial charge is 0.231 e. The van der Waals surface area contributed by atoms with Crippen LogP contribution in [-0.2, 0) is 11.2 Å². The number of fused-ring (bicyclic) bond motifs is 1. The number of carbonyl (C=O) groups is 1. The first-order valence-electron chi connectivity index (χ1n) is 4.51. The Kier molecular flexibility index (Phi) is 2.44. The fourth-order valence-electron chi connectivity index (χ4n) is 1.70. The van der Waals surface area contributed by atoms with Crippen LogP contribution in [0.15, 0.2) is 18.2 Å². The molecule has 1 amide bonds. The number of carbonyl (C=O) groups excluding carboxylic acids is 1. The first kappa shape index (κ1) is 9.49. The summed E-state index contributed by atoms with van der Waals surface area (Å²) in [4.78, 5) is 13.3. The topological polar surface area (TPSA) is 46.3 Å². The molecule has 0 spiro atoms. The average molecular weight is 211 g/mol. The molecule has 74 valence electrons. The molecule has 4 heteroatoms. The molecule has 0 radical (unpaired) electrons. The number of hydrogen-bond donors (Lipinski definition) is 1. The molecule has 1 aliphatic heterocycles. The van der Waals surface area contributed by atoms with E-state index in [4.69, 9.17) is 17.3 Å². The van der Waals surface area contributed by atoms with Crippen LogP contribution in [0.3, 0.4) is 0 Å². The number of halogens is 1. The highest BCUT2D eigenvalue weighted by molar-refractivity contribution is 6.31. The molecule has 0 saturated heterocycles. The van der Waals surface area contributed by atoms with Crippen LogP contribution in [0, 0.1) is 0 Å². The molecule has 0 aromatic heterocycles. The maximum absolute atomic E-state index is 11.6. The SMILES string of the molecule is NCCN1C(=O)Cc2ccc(Cl)cc21. The van der Waals surface area contributed by atoms with Crippen molar-refractivity contribution in [2.24, 2.45) is 5.73 Å². The molecule has 0 fully saturated rings. The average Bonchev–Trinajstić information content (AvgIpc) is 2.45. The van der Waals surface area contributed by atoms with Crippen LogP contribution in [0.4, 0.5) is 5.69 Å². The van der Waals surface area contributed by atoms with E-state index in [0.29, 0.717) is 24.5 Å². The van der Waals surface area contributed by atoms with Crippen molar-refractivity contribution in [3.05, 3.63) is 28.8 Å². The lowest BCUT2D eigenvalue weighted by molar-refractivity contribution is -0.117. The predicted octanol–water partition coefficient (Wildman–Crippen LogP) is 1.19. The number of rotatable bonds is 2. The lowest BCUT2D eigenvalue weighted by atomic mass is 10.2. The standard InChI is InChI=1S/C10H11ClN2O/c11-8-2-1-7-5-10(14)13(4-3-12)9(7)6-8/h1-2,6H,3-5,12H2. The van der Waals surface area contributed by atoms with Crippen molar-refractivity contribution in [1.82, 2.24) is 0 Å². The maximum Gasteiger partial charge on any atom is 0.231 e. The van der Waals surface area contributed by atoms with Crippen molar-refractivity contribution in [3.8, 4) is 0 Å². The van der Waals surface area contributed by atoms with Gasteiger partial charge in [0.05, 0.1) is 6.42 Å². The molecular formula is C10H11ClN2O. The van der Waals surface area contributed by atoms with Gasteiger partial charge in [-0.1, -0.05) is 17.7 Å². The fraction of sp³-hybridized carbons (Fsp3) is 0.300. The Morgan fingerprint density at radius 1 is 1.50 bits per heavy atom. The van der Waals surface area contributed by atoms with Crippen molar-refractivity contribution in [2.45, 2.75) is 6.42 Å². The van der Waals surface area contributed by atoms with Crippen LogP contribution >= 0.6 is 11.6 Å².